The first-order valence-electron chi connectivity index (χ1n) is 16.2. The molecule has 0 spiro atoms. The fourth-order valence-corrected chi connectivity index (χ4v) is 6.45. The minimum atomic E-state index is -1.88. The molecule has 2 aliphatic heterocycles. The number of fused-ring (bicyclic) bond motifs is 5. The Bertz CT molecular complexity index is 1970. The van der Waals surface area contributed by atoms with E-state index in [1.165, 1.54) is 0 Å². The van der Waals surface area contributed by atoms with Gasteiger partial charge in [-0.3, -0.25) is 14.4 Å². The van der Waals surface area contributed by atoms with Crippen molar-refractivity contribution in [2.75, 3.05) is 19.7 Å². The maximum absolute atomic E-state index is 13.6. The van der Waals surface area contributed by atoms with Crippen molar-refractivity contribution in [1.29, 1.82) is 0 Å². The van der Waals surface area contributed by atoms with Gasteiger partial charge in [0.15, 0.2) is 5.60 Å². The van der Waals surface area contributed by atoms with Crippen LogP contribution in [0.25, 0.3) is 22.3 Å². The molecule has 0 radical (unpaired) electrons. The number of hydrogen-bond acceptors (Lipinski definition) is 9. The smallest absolute Gasteiger partial charge is 0.343 e. The van der Waals surface area contributed by atoms with Gasteiger partial charge < -0.3 is 35.5 Å². The first kappa shape index (κ1) is 35.5. The summed E-state index contributed by atoms with van der Waals surface area (Å²) < 4.78 is 12.8. The second kappa shape index (κ2) is 14.8. The normalized spacial score (nSPS) is 16.4. The Kier molecular flexibility index (Phi) is 10.7. The standard InChI is InChI=1S/C36H39N5O7.ClH/c1-3-23-24-16-22(47-14-8-13-38-31(42)18-39-33(43)28(37)15-21-9-6-5-7-10-21)11-12-29(24)40-32-25(23)19-41-30(32)17-27-26(34(41)44)20-48-35(45)36(27,46)4-2;/h5-7,9-12,16-17,28,46H,3-4,8,13-15,18-20,37H2,1-2H3,(H,38,42)(H,39,43);1H/t28-,36-;/m0./s1. The molecule has 2 aromatic carbocycles. The summed E-state index contributed by atoms with van der Waals surface area (Å²) >= 11 is 0. The third kappa shape index (κ3) is 6.89. The van der Waals surface area contributed by atoms with Crippen LogP contribution in [0.1, 0.15) is 54.5 Å². The molecule has 0 aliphatic carbocycles. The average molecular weight is 690 g/mol. The number of esters is 1. The highest BCUT2D eigenvalue weighted by molar-refractivity contribution is 5.90. The Morgan fingerprint density at radius 1 is 1.10 bits per heavy atom. The number of benzene rings is 2. The van der Waals surface area contributed by atoms with Crippen molar-refractivity contribution < 1.29 is 29.0 Å². The zero-order valence-corrected chi connectivity index (χ0v) is 28.2. The van der Waals surface area contributed by atoms with E-state index in [1.54, 1.807) is 17.6 Å². The zero-order valence-electron chi connectivity index (χ0n) is 27.4. The Morgan fingerprint density at radius 3 is 2.61 bits per heavy atom. The van der Waals surface area contributed by atoms with E-state index in [4.69, 9.17) is 20.2 Å². The Balaban J connectivity index is 0.00000468. The van der Waals surface area contributed by atoms with Gasteiger partial charge in [-0.05, 0) is 61.1 Å². The van der Waals surface area contributed by atoms with Gasteiger partial charge in [-0.15, -0.1) is 12.4 Å². The van der Waals surface area contributed by atoms with Crippen molar-refractivity contribution in [3.63, 3.8) is 0 Å². The molecule has 49 heavy (non-hydrogen) atoms. The predicted molar refractivity (Wildman–Crippen MR) is 185 cm³/mol. The van der Waals surface area contributed by atoms with Crippen LogP contribution in [0.4, 0.5) is 0 Å². The number of aromatic nitrogens is 2. The summed E-state index contributed by atoms with van der Waals surface area (Å²) in [5, 5.41) is 17.4. The third-order valence-corrected chi connectivity index (χ3v) is 9.10. The van der Waals surface area contributed by atoms with Crippen molar-refractivity contribution in [2.24, 2.45) is 5.73 Å². The average Bonchev–Trinajstić information content (AvgIpc) is 3.46. The number of amides is 2. The number of cyclic esters (lactones) is 1. The number of nitrogens with one attached hydrogen (secondary N) is 2. The number of halogens is 1. The summed E-state index contributed by atoms with van der Waals surface area (Å²) in [6, 6.07) is 16.1. The molecular weight excluding hydrogens is 650 g/mol. The number of carbonyl (C=O) groups excluding carboxylic acids is 3. The maximum atomic E-state index is 13.6. The number of rotatable bonds is 12. The first-order valence-corrected chi connectivity index (χ1v) is 16.2. The highest BCUT2D eigenvalue weighted by Crippen LogP contribution is 2.40. The van der Waals surface area contributed by atoms with Crippen LogP contribution in [0.5, 0.6) is 5.75 Å². The lowest BCUT2D eigenvalue weighted by Gasteiger charge is -2.31. The van der Waals surface area contributed by atoms with Gasteiger partial charge in [0.2, 0.25) is 11.8 Å². The Morgan fingerprint density at radius 2 is 1.88 bits per heavy atom. The van der Waals surface area contributed by atoms with Gasteiger partial charge in [-0.1, -0.05) is 44.2 Å². The SMILES string of the molecule is CCc1c2c(nc3ccc(OCCCNC(=O)CNC(=O)[C@@H](N)Cc4ccccc4)cc13)-c1cc3c(c(=O)n1C2)COC(=O)[C@]3(O)CC.Cl. The van der Waals surface area contributed by atoms with Gasteiger partial charge >= 0.3 is 5.97 Å². The number of aliphatic hydroxyl groups is 1. The molecular formula is C36H40ClN5O7. The number of nitrogens with zero attached hydrogens (tertiary/aromatic N) is 2. The van der Waals surface area contributed by atoms with Crippen LogP contribution in [0.3, 0.4) is 0 Å². The van der Waals surface area contributed by atoms with Gasteiger partial charge in [-0.25, -0.2) is 9.78 Å². The van der Waals surface area contributed by atoms with Crippen LogP contribution >= 0.6 is 12.4 Å². The van der Waals surface area contributed by atoms with Crippen LogP contribution in [0.15, 0.2) is 59.4 Å². The summed E-state index contributed by atoms with van der Waals surface area (Å²) in [5.74, 6) is -0.797. The summed E-state index contributed by atoms with van der Waals surface area (Å²) in [7, 11) is 0. The van der Waals surface area contributed by atoms with E-state index >= 15 is 0 Å². The van der Waals surface area contributed by atoms with E-state index in [0.717, 1.165) is 27.6 Å². The molecule has 6 rings (SSSR count). The molecule has 2 aromatic heterocycles. The van der Waals surface area contributed by atoms with Crippen LogP contribution < -0.4 is 26.7 Å². The van der Waals surface area contributed by atoms with E-state index in [9.17, 15) is 24.3 Å². The van der Waals surface area contributed by atoms with Crippen LogP contribution in [0.2, 0.25) is 0 Å². The number of ether oxygens (including phenoxy) is 2. The molecule has 13 heteroatoms. The number of carbonyl (C=O) groups is 3. The van der Waals surface area contributed by atoms with E-state index in [2.05, 4.69) is 10.6 Å². The summed E-state index contributed by atoms with van der Waals surface area (Å²) in [6.45, 7) is 4.44. The highest BCUT2D eigenvalue weighted by atomic mass is 35.5. The first-order chi connectivity index (χ1) is 23.1. The Labute approximate surface area is 289 Å². The number of hydrogen-bond donors (Lipinski definition) is 4. The second-order valence-corrected chi connectivity index (χ2v) is 12.1. The fourth-order valence-electron chi connectivity index (χ4n) is 6.45. The largest absolute Gasteiger partial charge is 0.494 e. The van der Waals surface area contributed by atoms with Crippen LogP contribution in [0, 0.1) is 0 Å². The molecule has 0 saturated carbocycles. The quantitative estimate of drug-likeness (QED) is 0.113. The molecule has 0 unspecified atom stereocenters. The van der Waals surface area contributed by atoms with E-state index in [1.807, 2.05) is 55.5 Å². The van der Waals surface area contributed by atoms with E-state index in [0.29, 0.717) is 56.1 Å². The van der Waals surface area contributed by atoms with E-state index < -0.39 is 17.6 Å². The highest BCUT2D eigenvalue weighted by Gasteiger charge is 2.45. The molecule has 4 aromatic rings. The predicted octanol–water partition coefficient (Wildman–Crippen LogP) is 2.64. The zero-order chi connectivity index (χ0) is 34.0. The van der Waals surface area contributed by atoms with Crippen molar-refractivity contribution in [1.82, 2.24) is 20.2 Å². The molecule has 2 atom stereocenters. The number of nitrogens with two attached hydrogens (primary N) is 1. The molecule has 5 N–H and O–H groups in total. The minimum absolute atomic E-state index is 0. The minimum Gasteiger partial charge on any atom is -0.494 e. The molecule has 0 fully saturated rings. The Hall–Kier alpha value is -4.78. The molecule has 12 nitrogen and oxygen atoms in total. The monoisotopic (exact) mass is 689 g/mol. The van der Waals surface area contributed by atoms with Gasteiger partial charge in [0.05, 0.1) is 48.2 Å². The van der Waals surface area contributed by atoms with Crippen LogP contribution in [-0.2, 0) is 50.7 Å². The van der Waals surface area contributed by atoms with Crippen LogP contribution in [-0.4, -0.2) is 58.2 Å². The summed E-state index contributed by atoms with van der Waals surface area (Å²) in [4.78, 5) is 55.5. The van der Waals surface area contributed by atoms with E-state index in [-0.39, 0.29) is 60.5 Å². The van der Waals surface area contributed by atoms with Crippen molar-refractivity contribution in [3.05, 3.63) is 92.8 Å². The molecule has 2 aliphatic rings. The topological polar surface area (TPSA) is 175 Å². The van der Waals surface area contributed by atoms with Gasteiger partial charge in [-0.2, -0.15) is 0 Å². The molecule has 0 bridgehead atoms. The third-order valence-electron chi connectivity index (χ3n) is 9.10. The fraction of sp³-hybridized carbons (Fsp3) is 0.361. The van der Waals surface area contributed by atoms with Crippen molar-refractivity contribution in [2.45, 2.75) is 64.3 Å². The van der Waals surface area contributed by atoms with Crippen molar-refractivity contribution >= 4 is 41.1 Å². The molecule has 2 amide bonds. The van der Waals surface area contributed by atoms with Crippen molar-refractivity contribution in [3.8, 4) is 17.1 Å². The lowest BCUT2D eigenvalue weighted by Crippen LogP contribution is -2.46. The lowest BCUT2D eigenvalue weighted by molar-refractivity contribution is -0.172. The number of aryl methyl sites for hydroxylation is 1. The lowest BCUT2D eigenvalue weighted by atomic mass is 9.86. The summed E-state index contributed by atoms with van der Waals surface area (Å²) in [5.41, 5.74) is 9.26. The maximum Gasteiger partial charge on any atom is 0.343 e. The second-order valence-electron chi connectivity index (χ2n) is 12.1. The molecule has 0 saturated heterocycles. The van der Waals surface area contributed by atoms with Gasteiger partial charge in [0.25, 0.3) is 5.56 Å². The van der Waals surface area contributed by atoms with Gasteiger partial charge in [0, 0.05) is 23.1 Å². The summed E-state index contributed by atoms with van der Waals surface area (Å²) in [6.07, 6.45) is 1.70. The van der Waals surface area contributed by atoms with Gasteiger partial charge in [0.1, 0.15) is 12.4 Å². The molecule has 4 heterocycles. The molecule has 258 valence electrons. The number of pyridine rings is 2.